The van der Waals surface area contributed by atoms with Gasteiger partial charge in [-0.2, -0.15) is 10.1 Å². The Balaban J connectivity index is 1.32. The van der Waals surface area contributed by atoms with Gasteiger partial charge in [0.25, 0.3) is 5.91 Å². The van der Waals surface area contributed by atoms with E-state index in [2.05, 4.69) is 22.4 Å². The molecule has 1 aromatic heterocycles. The second-order valence-corrected chi connectivity index (χ2v) is 10.2. The monoisotopic (exact) mass is 494 g/mol. The number of halogens is 1. The number of benzene rings is 2. The first-order chi connectivity index (χ1) is 16.1. The molecule has 0 saturated heterocycles. The van der Waals surface area contributed by atoms with Crippen molar-refractivity contribution in [3.63, 3.8) is 0 Å². The van der Waals surface area contributed by atoms with Gasteiger partial charge in [-0.25, -0.2) is 5.01 Å². The summed E-state index contributed by atoms with van der Waals surface area (Å²) in [7, 11) is 0. The van der Waals surface area contributed by atoms with Crippen LogP contribution in [0.4, 0.5) is 5.69 Å². The van der Waals surface area contributed by atoms with Crippen molar-refractivity contribution in [2.24, 2.45) is 10.1 Å². The number of nitrogens with zero attached hydrogens (tertiary/aromatic N) is 3. The summed E-state index contributed by atoms with van der Waals surface area (Å²) < 4.78 is 0. The van der Waals surface area contributed by atoms with Crippen LogP contribution in [0.3, 0.4) is 0 Å². The predicted octanol–water partition coefficient (Wildman–Crippen LogP) is 5.58. The number of amides is 2. The normalized spacial score (nSPS) is 20.0. The summed E-state index contributed by atoms with van der Waals surface area (Å²) in [5, 5.41) is 12.1. The van der Waals surface area contributed by atoms with E-state index in [4.69, 9.17) is 16.7 Å². The van der Waals surface area contributed by atoms with Crippen LogP contribution in [-0.2, 0) is 9.59 Å². The first-order valence-corrected chi connectivity index (χ1v) is 12.5. The number of hydrogen-bond acceptors (Lipinski definition) is 6. The van der Waals surface area contributed by atoms with E-state index >= 15 is 0 Å². The van der Waals surface area contributed by atoms with E-state index in [1.54, 1.807) is 35.6 Å². The lowest BCUT2D eigenvalue weighted by molar-refractivity contribution is -0.121. The number of rotatable bonds is 5. The number of amidine groups is 1. The van der Waals surface area contributed by atoms with E-state index in [1.807, 2.05) is 40.7 Å². The van der Waals surface area contributed by atoms with Crippen LogP contribution in [-0.4, -0.2) is 33.0 Å². The van der Waals surface area contributed by atoms with E-state index in [1.165, 1.54) is 11.8 Å². The number of anilines is 1. The molecule has 33 heavy (non-hydrogen) atoms. The number of carbonyl (C=O) groups is 2. The van der Waals surface area contributed by atoms with E-state index in [9.17, 15) is 9.59 Å². The highest BCUT2D eigenvalue weighted by Crippen LogP contribution is 2.39. The average molecular weight is 495 g/mol. The molecule has 1 N–H and O–H groups in total. The van der Waals surface area contributed by atoms with Gasteiger partial charge in [-0.3, -0.25) is 9.59 Å². The largest absolute Gasteiger partial charge is 0.326 e. The van der Waals surface area contributed by atoms with Crippen LogP contribution in [0.2, 0.25) is 5.02 Å². The van der Waals surface area contributed by atoms with Gasteiger partial charge in [0.1, 0.15) is 5.25 Å². The van der Waals surface area contributed by atoms with Crippen molar-refractivity contribution < 1.29 is 9.59 Å². The van der Waals surface area contributed by atoms with Gasteiger partial charge in [-0.15, -0.1) is 11.3 Å². The molecule has 2 aliphatic rings. The van der Waals surface area contributed by atoms with Gasteiger partial charge in [-0.1, -0.05) is 59.8 Å². The van der Waals surface area contributed by atoms with Crippen molar-refractivity contribution in [2.45, 2.75) is 24.1 Å². The van der Waals surface area contributed by atoms with Gasteiger partial charge >= 0.3 is 0 Å². The quantitative estimate of drug-likeness (QED) is 0.502. The van der Waals surface area contributed by atoms with Crippen molar-refractivity contribution in [3.05, 3.63) is 87.6 Å². The van der Waals surface area contributed by atoms with E-state index < -0.39 is 5.25 Å². The third kappa shape index (κ3) is 4.88. The van der Waals surface area contributed by atoms with Crippen molar-refractivity contribution in [2.75, 3.05) is 5.32 Å². The molecule has 0 aliphatic carbocycles. The zero-order valence-electron chi connectivity index (χ0n) is 17.3. The molecule has 2 aromatic carbocycles. The molecule has 166 valence electrons. The van der Waals surface area contributed by atoms with Gasteiger partial charge in [0.2, 0.25) is 5.91 Å². The highest BCUT2D eigenvalue weighted by molar-refractivity contribution is 8.15. The molecule has 0 unspecified atom stereocenters. The summed E-state index contributed by atoms with van der Waals surface area (Å²) >= 11 is 8.83. The molecule has 3 heterocycles. The van der Waals surface area contributed by atoms with Crippen LogP contribution in [0, 0.1) is 0 Å². The number of hydrogen-bond donors (Lipinski definition) is 1. The molecular formula is C24H19ClN4O2S2. The SMILES string of the molecule is O=C(C[C@H]1SC(N2N=C(c3cccs3)C[C@H]2c2ccccc2)=NC1=O)Nc1ccc(Cl)cc1. The number of thiophene rings is 1. The summed E-state index contributed by atoms with van der Waals surface area (Å²) in [5.41, 5.74) is 2.71. The Morgan fingerprint density at radius 2 is 1.88 bits per heavy atom. The molecule has 0 bridgehead atoms. The van der Waals surface area contributed by atoms with Crippen LogP contribution in [0.5, 0.6) is 0 Å². The lowest BCUT2D eigenvalue weighted by Gasteiger charge is -2.23. The molecule has 0 spiro atoms. The summed E-state index contributed by atoms with van der Waals surface area (Å²) in [6.45, 7) is 0. The molecule has 2 amide bonds. The summed E-state index contributed by atoms with van der Waals surface area (Å²) in [5.74, 6) is -0.559. The lowest BCUT2D eigenvalue weighted by Crippen LogP contribution is -2.25. The van der Waals surface area contributed by atoms with Gasteiger partial charge in [0.05, 0.1) is 16.6 Å². The minimum absolute atomic E-state index is 0.0322. The maximum absolute atomic E-state index is 12.6. The minimum atomic E-state index is -0.579. The van der Waals surface area contributed by atoms with Crippen LogP contribution < -0.4 is 5.32 Å². The van der Waals surface area contributed by atoms with Crippen molar-refractivity contribution in [1.29, 1.82) is 0 Å². The summed E-state index contributed by atoms with van der Waals surface area (Å²) in [6.07, 6.45) is 0.754. The first kappa shape index (κ1) is 21.9. The molecule has 0 radical (unpaired) electrons. The number of aliphatic imine (C=N–C) groups is 1. The smallest absolute Gasteiger partial charge is 0.262 e. The first-order valence-electron chi connectivity index (χ1n) is 10.4. The van der Waals surface area contributed by atoms with Gasteiger partial charge < -0.3 is 5.32 Å². The fourth-order valence-electron chi connectivity index (χ4n) is 3.73. The fourth-order valence-corrected chi connectivity index (χ4v) is 5.64. The van der Waals surface area contributed by atoms with Gasteiger partial charge in [0, 0.05) is 23.6 Å². The summed E-state index contributed by atoms with van der Waals surface area (Å²) in [4.78, 5) is 30.6. The number of hydrazone groups is 1. The maximum atomic E-state index is 12.6. The highest BCUT2D eigenvalue weighted by atomic mass is 35.5. The minimum Gasteiger partial charge on any atom is -0.326 e. The third-order valence-electron chi connectivity index (χ3n) is 5.32. The molecule has 5 rings (SSSR count). The van der Waals surface area contributed by atoms with Gasteiger partial charge in [-0.05, 0) is 41.3 Å². The number of nitrogens with one attached hydrogen (secondary N) is 1. The Labute approximate surface area is 204 Å². The van der Waals surface area contributed by atoms with Crippen LogP contribution in [0.25, 0.3) is 0 Å². The topological polar surface area (TPSA) is 74.1 Å². The lowest BCUT2D eigenvalue weighted by atomic mass is 10.0. The summed E-state index contributed by atoms with van der Waals surface area (Å²) in [6, 6.07) is 20.9. The standard InChI is InChI=1S/C24H19ClN4O2S2/c25-16-8-10-17(11-9-16)26-22(30)14-21-23(31)27-24(33-21)29-19(15-5-2-1-3-6-15)13-18(28-29)20-7-4-12-32-20/h1-12,19,21H,13-14H2,(H,26,30)/t19-,21+/m0/s1. The van der Waals surface area contributed by atoms with Gasteiger partial charge in [0.15, 0.2) is 5.17 Å². The molecular weight excluding hydrogens is 476 g/mol. The van der Waals surface area contributed by atoms with Crippen molar-refractivity contribution in [3.8, 4) is 0 Å². The van der Waals surface area contributed by atoms with Crippen LogP contribution in [0.15, 0.2) is 82.2 Å². The van der Waals surface area contributed by atoms with Crippen LogP contribution in [0.1, 0.15) is 29.3 Å². The van der Waals surface area contributed by atoms with Crippen molar-refractivity contribution in [1.82, 2.24) is 5.01 Å². The Kier molecular flexibility index (Phi) is 6.30. The second kappa shape index (κ2) is 9.51. The van der Waals surface area contributed by atoms with Crippen LogP contribution >= 0.6 is 34.7 Å². The fraction of sp³-hybridized carbons (Fsp3) is 0.167. The highest BCUT2D eigenvalue weighted by Gasteiger charge is 2.39. The molecule has 2 aliphatic heterocycles. The zero-order chi connectivity index (χ0) is 22.8. The Hall–Kier alpha value is -2.94. The van der Waals surface area contributed by atoms with E-state index in [-0.39, 0.29) is 24.3 Å². The molecule has 6 nitrogen and oxygen atoms in total. The van der Waals surface area contributed by atoms with E-state index in [0.717, 1.165) is 22.6 Å². The zero-order valence-corrected chi connectivity index (χ0v) is 19.7. The molecule has 0 saturated carbocycles. The van der Waals surface area contributed by atoms with E-state index in [0.29, 0.717) is 15.9 Å². The predicted molar refractivity (Wildman–Crippen MR) is 135 cm³/mol. The molecule has 0 fully saturated rings. The third-order valence-corrected chi connectivity index (χ3v) is 7.64. The number of thioether (sulfide) groups is 1. The molecule has 9 heteroatoms. The maximum Gasteiger partial charge on any atom is 0.262 e. The average Bonchev–Trinajstić information content (AvgIpc) is 3.56. The molecule has 3 aromatic rings. The Bertz CT molecular complexity index is 1230. The second-order valence-electron chi connectivity index (χ2n) is 7.60. The Morgan fingerprint density at radius 3 is 2.61 bits per heavy atom. The number of carbonyl (C=O) groups excluding carboxylic acids is 2. The van der Waals surface area contributed by atoms with Crippen molar-refractivity contribution >= 4 is 63.1 Å². The molecule has 2 atom stereocenters. The Morgan fingerprint density at radius 1 is 1.09 bits per heavy atom.